The number of carboxylic acid groups (broad SMARTS) is 1. The predicted molar refractivity (Wildman–Crippen MR) is 173 cm³/mol. The van der Waals surface area contributed by atoms with Gasteiger partial charge in [-0.15, -0.1) is 0 Å². The number of benzene rings is 3. The van der Waals surface area contributed by atoms with Gasteiger partial charge in [-0.2, -0.15) is 0 Å². The molecule has 0 aliphatic carbocycles. The summed E-state index contributed by atoms with van der Waals surface area (Å²) in [4.78, 5) is 28.9. The summed E-state index contributed by atoms with van der Waals surface area (Å²) in [5.41, 5.74) is 2.68. The number of sulfonamides is 1. The molecular weight excluding hydrogens is 618 g/mol. The van der Waals surface area contributed by atoms with Crippen molar-refractivity contribution < 1.29 is 31.9 Å². The van der Waals surface area contributed by atoms with Gasteiger partial charge in [0.2, 0.25) is 5.76 Å². The Balaban J connectivity index is 1.61. The van der Waals surface area contributed by atoms with E-state index in [1.54, 1.807) is 61.2 Å². The van der Waals surface area contributed by atoms with Crippen molar-refractivity contribution in [2.45, 2.75) is 31.8 Å². The van der Waals surface area contributed by atoms with E-state index in [-0.39, 0.29) is 41.8 Å². The molecule has 0 saturated heterocycles. The van der Waals surface area contributed by atoms with E-state index in [4.69, 9.17) is 20.4 Å². The van der Waals surface area contributed by atoms with Crippen LogP contribution in [-0.2, 0) is 23.1 Å². The van der Waals surface area contributed by atoms with E-state index in [1.165, 1.54) is 28.8 Å². The number of anilines is 2. The van der Waals surface area contributed by atoms with Gasteiger partial charge in [-0.3, -0.25) is 9.10 Å². The molecule has 12 heteroatoms. The maximum Gasteiger partial charge on any atom is 0.372 e. The van der Waals surface area contributed by atoms with Gasteiger partial charge in [0.15, 0.2) is 0 Å². The van der Waals surface area contributed by atoms with Crippen LogP contribution in [0.3, 0.4) is 0 Å². The zero-order valence-corrected chi connectivity index (χ0v) is 26.7. The Morgan fingerprint density at radius 2 is 1.71 bits per heavy atom. The second-order valence-corrected chi connectivity index (χ2v) is 12.9. The standard InChI is InChI=1S/C33H32ClN3O7S/c1-5-37(45(41,42)25-13-15-30-27(18-25)21(2)31(44-30)33(39)40)29-14-12-23(35(3)4)17-22(29)19-36(20-24-9-8-16-43-24)32(38)26-10-6-7-11-28(26)34/h6-18H,5,19-20H2,1-4H3,(H,39,40). The lowest BCUT2D eigenvalue weighted by Crippen LogP contribution is -2.34. The minimum atomic E-state index is -4.16. The van der Waals surface area contributed by atoms with Gasteiger partial charge >= 0.3 is 5.97 Å². The molecule has 3 aromatic carbocycles. The molecule has 10 nitrogen and oxygen atoms in total. The fourth-order valence-corrected chi connectivity index (χ4v) is 6.94. The SMILES string of the molecule is CCN(c1ccc(N(C)C)cc1CN(Cc1ccco1)C(=O)c1ccccc1Cl)S(=O)(=O)c1ccc2oc(C(=O)O)c(C)c2c1. The number of furan rings is 2. The van der Waals surface area contributed by atoms with Crippen LogP contribution in [0.2, 0.25) is 5.02 Å². The molecule has 0 spiro atoms. The Kier molecular flexibility index (Phi) is 8.94. The van der Waals surface area contributed by atoms with Gasteiger partial charge in [0.05, 0.1) is 34.0 Å². The largest absolute Gasteiger partial charge is 0.475 e. The molecule has 1 amide bonds. The molecule has 0 aliphatic rings. The zero-order chi connectivity index (χ0) is 32.5. The Morgan fingerprint density at radius 1 is 0.956 bits per heavy atom. The quantitative estimate of drug-likeness (QED) is 0.165. The Hall–Kier alpha value is -4.74. The number of hydrogen-bond donors (Lipinski definition) is 1. The Morgan fingerprint density at radius 3 is 2.36 bits per heavy atom. The van der Waals surface area contributed by atoms with Gasteiger partial charge in [0.25, 0.3) is 15.9 Å². The van der Waals surface area contributed by atoms with Crippen LogP contribution in [0.5, 0.6) is 0 Å². The molecule has 2 aromatic heterocycles. The molecule has 0 atom stereocenters. The number of carbonyl (C=O) groups is 2. The van der Waals surface area contributed by atoms with Gasteiger partial charge in [-0.05, 0) is 80.1 Å². The fraction of sp³-hybridized carbons (Fsp3) is 0.212. The molecule has 0 fully saturated rings. The van der Waals surface area contributed by atoms with Crippen LogP contribution in [-0.4, -0.2) is 50.9 Å². The first-order chi connectivity index (χ1) is 21.4. The number of carboxylic acids is 1. The molecule has 45 heavy (non-hydrogen) atoms. The van der Waals surface area contributed by atoms with Crippen LogP contribution in [0, 0.1) is 6.92 Å². The summed E-state index contributed by atoms with van der Waals surface area (Å²) >= 11 is 6.41. The molecule has 0 saturated carbocycles. The van der Waals surface area contributed by atoms with Crippen molar-refractivity contribution in [3.63, 3.8) is 0 Å². The van der Waals surface area contributed by atoms with E-state index in [1.807, 2.05) is 31.1 Å². The number of aromatic carboxylic acids is 1. The van der Waals surface area contributed by atoms with Gasteiger partial charge in [0.1, 0.15) is 11.3 Å². The lowest BCUT2D eigenvalue weighted by atomic mass is 10.1. The van der Waals surface area contributed by atoms with Crippen molar-refractivity contribution >= 4 is 55.8 Å². The lowest BCUT2D eigenvalue weighted by molar-refractivity contribution is 0.0662. The normalized spacial score (nSPS) is 11.5. The molecule has 5 rings (SSSR count). The second kappa shape index (κ2) is 12.7. The van der Waals surface area contributed by atoms with Gasteiger partial charge < -0.3 is 23.7 Å². The highest BCUT2D eigenvalue weighted by Crippen LogP contribution is 2.34. The van der Waals surface area contributed by atoms with Gasteiger partial charge in [0, 0.05) is 43.8 Å². The third kappa shape index (κ3) is 6.27. The Labute approximate surface area is 266 Å². The van der Waals surface area contributed by atoms with E-state index in [9.17, 15) is 23.1 Å². The number of halogens is 1. The maximum atomic E-state index is 14.2. The predicted octanol–water partition coefficient (Wildman–Crippen LogP) is 6.81. The van der Waals surface area contributed by atoms with Gasteiger partial charge in [-0.1, -0.05) is 23.7 Å². The first-order valence-corrected chi connectivity index (χ1v) is 15.9. The van der Waals surface area contributed by atoms with Crippen LogP contribution < -0.4 is 9.21 Å². The molecule has 2 heterocycles. The smallest absolute Gasteiger partial charge is 0.372 e. The van der Waals surface area contributed by atoms with Crippen molar-refractivity contribution in [2.75, 3.05) is 29.8 Å². The molecule has 0 radical (unpaired) electrons. The average molecular weight is 650 g/mol. The number of hydrogen-bond acceptors (Lipinski definition) is 7. The van der Waals surface area contributed by atoms with Crippen LogP contribution in [0.4, 0.5) is 11.4 Å². The molecule has 0 unspecified atom stereocenters. The van der Waals surface area contributed by atoms with Crippen molar-refractivity contribution in [3.05, 3.63) is 112 Å². The van der Waals surface area contributed by atoms with Crippen molar-refractivity contribution in [1.82, 2.24) is 4.90 Å². The summed E-state index contributed by atoms with van der Waals surface area (Å²) in [5, 5.41) is 10.2. The van der Waals surface area contributed by atoms with Crippen LogP contribution in [0.15, 0.2) is 92.8 Å². The lowest BCUT2D eigenvalue weighted by Gasteiger charge is -2.29. The number of carbonyl (C=O) groups excluding carboxylic acids is 1. The summed E-state index contributed by atoms with van der Waals surface area (Å²) in [6.07, 6.45) is 1.52. The molecule has 0 bridgehead atoms. The number of aryl methyl sites for hydroxylation is 1. The van der Waals surface area contributed by atoms with Crippen LogP contribution in [0.1, 0.15) is 44.7 Å². The molecule has 234 valence electrons. The molecule has 5 aromatic rings. The first-order valence-electron chi connectivity index (χ1n) is 14.1. The fourth-order valence-electron chi connectivity index (χ4n) is 5.18. The zero-order valence-electron chi connectivity index (χ0n) is 25.2. The van der Waals surface area contributed by atoms with E-state index >= 15 is 0 Å². The van der Waals surface area contributed by atoms with Crippen LogP contribution in [0.25, 0.3) is 11.0 Å². The molecular formula is C33H32ClN3O7S. The van der Waals surface area contributed by atoms with E-state index in [0.29, 0.717) is 38.5 Å². The van der Waals surface area contributed by atoms with Gasteiger partial charge in [-0.25, -0.2) is 13.2 Å². The summed E-state index contributed by atoms with van der Waals surface area (Å²) in [7, 11) is -0.413. The van der Waals surface area contributed by atoms with Crippen molar-refractivity contribution in [2.24, 2.45) is 0 Å². The topological polar surface area (TPSA) is 125 Å². The number of nitrogens with zero attached hydrogens (tertiary/aromatic N) is 3. The monoisotopic (exact) mass is 649 g/mol. The van der Waals surface area contributed by atoms with E-state index < -0.39 is 16.0 Å². The minimum absolute atomic E-state index is 0.0279. The summed E-state index contributed by atoms with van der Waals surface area (Å²) in [6.45, 7) is 3.53. The van der Waals surface area contributed by atoms with Crippen molar-refractivity contribution in [3.8, 4) is 0 Å². The highest BCUT2D eigenvalue weighted by Gasteiger charge is 2.29. The highest BCUT2D eigenvalue weighted by atomic mass is 35.5. The third-order valence-electron chi connectivity index (χ3n) is 7.50. The van der Waals surface area contributed by atoms with Crippen LogP contribution >= 0.6 is 11.6 Å². The number of fused-ring (bicyclic) bond motifs is 1. The van der Waals surface area contributed by atoms with E-state index in [2.05, 4.69) is 0 Å². The summed E-state index contributed by atoms with van der Waals surface area (Å²) < 4.78 is 40.7. The summed E-state index contributed by atoms with van der Waals surface area (Å²) in [5.74, 6) is -1.28. The minimum Gasteiger partial charge on any atom is -0.475 e. The Bertz CT molecular complexity index is 1980. The first kappa shape index (κ1) is 31.7. The maximum absolute atomic E-state index is 14.2. The highest BCUT2D eigenvalue weighted by molar-refractivity contribution is 7.92. The number of rotatable bonds is 11. The second-order valence-electron chi connectivity index (χ2n) is 10.6. The number of amides is 1. The average Bonchev–Trinajstić information content (AvgIpc) is 3.65. The molecule has 0 aliphatic heterocycles. The van der Waals surface area contributed by atoms with Crippen molar-refractivity contribution in [1.29, 1.82) is 0 Å². The molecule has 1 N–H and O–H groups in total. The summed E-state index contributed by atoms with van der Waals surface area (Å²) in [6, 6.07) is 19.9. The van der Waals surface area contributed by atoms with E-state index in [0.717, 1.165) is 5.69 Å². The third-order valence-corrected chi connectivity index (χ3v) is 9.72.